The molecule has 0 saturated carbocycles. The molecule has 2 rings (SSSR count). The van der Waals surface area contributed by atoms with Crippen molar-refractivity contribution in [3.05, 3.63) is 24.3 Å². The Morgan fingerprint density at radius 2 is 2.20 bits per heavy atom. The van der Waals surface area contributed by atoms with Gasteiger partial charge in [-0.1, -0.05) is 0 Å². The van der Waals surface area contributed by atoms with Crippen molar-refractivity contribution < 1.29 is 9.53 Å². The molecule has 1 saturated heterocycles. The molecule has 1 unspecified atom stereocenters. The summed E-state index contributed by atoms with van der Waals surface area (Å²) in [5, 5.41) is 2.88. The van der Waals surface area contributed by atoms with Crippen LogP contribution in [0.15, 0.2) is 24.3 Å². The van der Waals surface area contributed by atoms with Crippen LogP contribution in [0.5, 0.6) is 0 Å². The zero-order valence-corrected chi connectivity index (χ0v) is 12.0. The highest BCUT2D eigenvalue weighted by Crippen LogP contribution is 2.16. The Kier molecular flexibility index (Phi) is 5.38. The molecule has 0 aliphatic carbocycles. The van der Waals surface area contributed by atoms with Crippen molar-refractivity contribution in [1.82, 2.24) is 4.90 Å². The number of nitrogens with two attached hydrogens (primary N) is 1. The molecule has 1 aromatic rings. The lowest BCUT2D eigenvalue weighted by molar-refractivity contribution is -0.116. The number of benzene rings is 1. The number of hydrogen-bond acceptors (Lipinski definition) is 4. The average molecular weight is 277 g/mol. The van der Waals surface area contributed by atoms with Gasteiger partial charge in [0, 0.05) is 38.0 Å². The molecule has 1 aliphatic heterocycles. The largest absolute Gasteiger partial charge is 0.399 e. The van der Waals surface area contributed by atoms with Crippen molar-refractivity contribution in [2.24, 2.45) is 5.92 Å². The Morgan fingerprint density at radius 3 is 2.90 bits per heavy atom. The summed E-state index contributed by atoms with van der Waals surface area (Å²) in [4.78, 5) is 14.2. The summed E-state index contributed by atoms with van der Waals surface area (Å²) in [6, 6.07) is 7.20. The molecule has 0 radical (unpaired) electrons. The third kappa shape index (κ3) is 4.51. The molecule has 1 amide bonds. The second-order valence-corrected chi connectivity index (χ2v) is 5.33. The zero-order chi connectivity index (χ0) is 14.4. The van der Waals surface area contributed by atoms with Crippen LogP contribution in [0.4, 0.5) is 11.4 Å². The maximum atomic E-state index is 11.9. The number of nitrogens with zero attached hydrogens (tertiary/aromatic N) is 1. The van der Waals surface area contributed by atoms with Crippen LogP contribution in [-0.2, 0) is 9.53 Å². The van der Waals surface area contributed by atoms with Crippen LogP contribution in [0.1, 0.15) is 12.8 Å². The highest BCUT2D eigenvalue weighted by Gasteiger charge is 2.22. The van der Waals surface area contributed by atoms with E-state index in [9.17, 15) is 4.79 Å². The number of carbonyl (C=O) groups is 1. The molecule has 0 aromatic heterocycles. The van der Waals surface area contributed by atoms with Gasteiger partial charge in [0.25, 0.3) is 0 Å². The molecule has 1 atom stereocenters. The standard InChI is InChI=1S/C15H23N3O2/c1-20-11-12-6-8-18(10-12)9-7-15(19)17-14-4-2-13(16)3-5-14/h2-5,12H,6-11,16H2,1H3,(H,17,19). The minimum absolute atomic E-state index is 0.0463. The van der Waals surface area contributed by atoms with Crippen molar-refractivity contribution >= 4 is 17.3 Å². The first-order chi connectivity index (χ1) is 9.67. The minimum atomic E-state index is 0.0463. The summed E-state index contributed by atoms with van der Waals surface area (Å²) in [5.41, 5.74) is 7.10. The minimum Gasteiger partial charge on any atom is -0.399 e. The number of carbonyl (C=O) groups excluding carboxylic acids is 1. The summed E-state index contributed by atoms with van der Waals surface area (Å²) in [6.45, 7) is 3.71. The number of anilines is 2. The summed E-state index contributed by atoms with van der Waals surface area (Å²) in [6.07, 6.45) is 1.68. The number of rotatable bonds is 6. The van der Waals surface area contributed by atoms with Crippen molar-refractivity contribution in [3.8, 4) is 0 Å². The number of methoxy groups -OCH3 is 1. The fraction of sp³-hybridized carbons (Fsp3) is 0.533. The van der Waals surface area contributed by atoms with E-state index in [-0.39, 0.29) is 5.91 Å². The van der Waals surface area contributed by atoms with Crippen LogP contribution >= 0.6 is 0 Å². The lowest BCUT2D eigenvalue weighted by Crippen LogP contribution is -2.26. The maximum Gasteiger partial charge on any atom is 0.225 e. The van der Waals surface area contributed by atoms with Crippen molar-refractivity contribution in [2.45, 2.75) is 12.8 Å². The summed E-state index contributed by atoms with van der Waals surface area (Å²) < 4.78 is 5.17. The number of ether oxygens (including phenoxy) is 1. The molecule has 1 heterocycles. The number of amides is 1. The predicted molar refractivity (Wildman–Crippen MR) is 80.5 cm³/mol. The molecule has 1 aromatic carbocycles. The molecule has 3 N–H and O–H groups in total. The lowest BCUT2D eigenvalue weighted by atomic mass is 10.1. The monoisotopic (exact) mass is 277 g/mol. The molecular weight excluding hydrogens is 254 g/mol. The fourth-order valence-corrected chi connectivity index (χ4v) is 2.54. The number of nitrogens with one attached hydrogen (secondary N) is 1. The van der Waals surface area contributed by atoms with Gasteiger partial charge in [0.15, 0.2) is 0 Å². The van der Waals surface area contributed by atoms with E-state index in [2.05, 4.69) is 10.2 Å². The van der Waals surface area contributed by atoms with Gasteiger partial charge in [-0.05, 0) is 43.1 Å². The van der Waals surface area contributed by atoms with Gasteiger partial charge in [-0.2, -0.15) is 0 Å². The third-order valence-electron chi connectivity index (χ3n) is 3.62. The van der Waals surface area contributed by atoms with Gasteiger partial charge in [0.05, 0.1) is 6.61 Å². The topological polar surface area (TPSA) is 67.6 Å². The van der Waals surface area contributed by atoms with E-state index in [1.54, 1.807) is 19.2 Å². The highest BCUT2D eigenvalue weighted by atomic mass is 16.5. The predicted octanol–water partition coefficient (Wildman–Crippen LogP) is 1.57. The molecule has 20 heavy (non-hydrogen) atoms. The summed E-state index contributed by atoms with van der Waals surface area (Å²) in [7, 11) is 1.74. The first-order valence-corrected chi connectivity index (χ1v) is 7.04. The maximum absolute atomic E-state index is 11.9. The van der Waals surface area contributed by atoms with Gasteiger partial charge in [0.2, 0.25) is 5.91 Å². The van der Waals surface area contributed by atoms with E-state index < -0.39 is 0 Å². The van der Waals surface area contributed by atoms with Crippen LogP contribution in [-0.4, -0.2) is 44.2 Å². The van der Waals surface area contributed by atoms with Crippen molar-refractivity contribution in [1.29, 1.82) is 0 Å². The number of hydrogen-bond donors (Lipinski definition) is 2. The van der Waals surface area contributed by atoms with Gasteiger partial charge in [0.1, 0.15) is 0 Å². The Labute approximate surface area is 120 Å². The molecule has 110 valence electrons. The third-order valence-corrected chi connectivity index (χ3v) is 3.62. The molecule has 5 heteroatoms. The zero-order valence-electron chi connectivity index (χ0n) is 12.0. The van der Waals surface area contributed by atoms with Gasteiger partial charge in [-0.3, -0.25) is 4.79 Å². The van der Waals surface area contributed by atoms with Gasteiger partial charge in [-0.15, -0.1) is 0 Å². The van der Waals surface area contributed by atoms with E-state index in [1.807, 2.05) is 12.1 Å². The Hall–Kier alpha value is -1.59. The first kappa shape index (κ1) is 14.8. The summed E-state index contributed by atoms with van der Waals surface area (Å²) in [5.74, 6) is 0.658. The van der Waals surface area contributed by atoms with Crippen molar-refractivity contribution in [2.75, 3.05) is 44.4 Å². The average Bonchev–Trinajstić information content (AvgIpc) is 2.87. The van der Waals surface area contributed by atoms with Crippen molar-refractivity contribution in [3.63, 3.8) is 0 Å². The van der Waals surface area contributed by atoms with Gasteiger partial charge >= 0.3 is 0 Å². The van der Waals surface area contributed by atoms with Crippen LogP contribution < -0.4 is 11.1 Å². The van der Waals surface area contributed by atoms with E-state index in [0.717, 1.165) is 38.3 Å². The van der Waals surface area contributed by atoms with Gasteiger partial charge in [-0.25, -0.2) is 0 Å². The van der Waals surface area contributed by atoms with E-state index in [0.29, 0.717) is 18.0 Å². The molecule has 5 nitrogen and oxygen atoms in total. The molecule has 0 spiro atoms. The second kappa shape index (κ2) is 7.26. The lowest BCUT2D eigenvalue weighted by Gasteiger charge is -2.15. The first-order valence-electron chi connectivity index (χ1n) is 7.04. The number of likely N-dealkylation sites (tertiary alicyclic amines) is 1. The SMILES string of the molecule is COCC1CCN(CCC(=O)Nc2ccc(N)cc2)C1. The van der Waals surface area contributed by atoms with Crippen LogP contribution in [0, 0.1) is 5.92 Å². The van der Waals surface area contributed by atoms with E-state index in [1.165, 1.54) is 0 Å². The fourth-order valence-electron chi connectivity index (χ4n) is 2.54. The van der Waals surface area contributed by atoms with Crippen LogP contribution in [0.25, 0.3) is 0 Å². The number of nitrogen functional groups attached to an aromatic ring is 1. The Morgan fingerprint density at radius 1 is 1.45 bits per heavy atom. The molecule has 1 aliphatic rings. The normalized spacial score (nSPS) is 19.1. The highest BCUT2D eigenvalue weighted by molar-refractivity contribution is 5.90. The van der Waals surface area contributed by atoms with E-state index in [4.69, 9.17) is 10.5 Å². The van der Waals surface area contributed by atoms with Crippen LogP contribution in [0.2, 0.25) is 0 Å². The van der Waals surface area contributed by atoms with Gasteiger partial charge < -0.3 is 20.7 Å². The molecule has 1 fully saturated rings. The second-order valence-electron chi connectivity index (χ2n) is 5.33. The van der Waals surface area contributed by atoms with Crippen LogP contribution in [0.3, 0.4) is 0 Å². The molecule has 0 bridgehead atoms. The quantitative estimate of drug-likeness (QED) is 0.774. The summed E-state index contributed by atoms with van der Waals surface area (Å²) >= 11 is 0. The van der Waals surface area contributed by atoms with E-state index >= 15 is 0 Å². The smallest absolute Gasteiger partial charge is 0.225 e. The Balaban J connectivity index is 1.69. The Bertz CT molecular complexity index is 433. The molecular formula is C15H23N3O2.